The molecule has 3 N–H and O–H groups in total. The molecular formula is C10H13BrN2O4. The molecule has 0 bridgehead atoms. The molecule has 1 rings (SSSR count). The normalized spacial score (nSPS) is 10.8. The zero-order chi connectivity index (χ0) is 12.8. The van der Waals surface area contributed by atoms with Crippen molar-refractivity contribution in [2.24, 2.45) is 0 Å². The molecule has 0 atom stereocenters. The van der Waals surface area contributed by atoms with E-state index in [1.54, 1.807) is 12.1 Å². The molecule has 0 aliphatic rings. The first-order valence-electron chi connectivity index (χ1n) is 4.96. The van der Waals surface area contributed by atoms with E-state index in [-0.39, 0.29) is 25.4 Å². The van der Waals surface area contributed by atoms with Gasteiger partial charge in [0.25, 0.3) is 5.69 Å². The summed E-state index contributed by atoms with van der Waals surface area (Å²) in [6.45, 7) is -0.238. The molecular weight excluding hydrogens is 292 g/mol. The lowest BCUT2D eigenvalue weighted by Crippen LogP contribution is -2.35. The van der Waals surface area contributed by atoms with Crippen molar-refractivity contribution in [2.45, 2.75) is 12.6 Å². The molecule has 0 unspecified atom stereocenters. The van der Waals surface area contributed by atoms with E-state index < -0.39 is 11.0 Å². The third-order valence-corrected chi connectivity index (χ3v) is 2.75. The molecule has 0 heterocycles. The smallest absolute Gasteiger partial charge is 0.273 e. The molecule has 0 radical (unpaired) electrons. The van der Waals surface area contributed by atoms with E-state index in [0.717, 1.165) is 4.47 Å². The van der Waals surface area contributed by atoms with Crippen molar-refractivity contribution in [3.05, 3.63) is 38.3 Å². The van der Waals surface area contributed by atoms with Gasteiger partial charge in [-0.05, 0) is 12.1 Å². The van der Waals surface area contributed by atoms with Gasteiger partial charge in [-0.1, -0.05) is 15.9 Å². The molecule has 1 aromatic rings. The molecule has 0 amide bonds. The van der Waals surface area contributed by atoms with Crippen LogP contribution in [0, 0.1) is 10.1 Å². The number of nitro benzene ring substituents is 1. The number of benzene rings is 1. The minimum atomic E-state index is -0.478. The Bertz CT molecular complexity index is 396. The van der Waals surface area contributed by atoms with Crippen LogP contribution in [0.5, 0.6) is 0 Å². The Morgan fingerprint density at radius 2 is 2.06 bits per heavy atom. The van der Waals surface area contributed by atoms with Crippen molar-refractivity contribution in [1.29, 1.82) is 0 Å². The lowest BCUT2D eigenvalue weighted by Gasteiger charge is -2.13. The van der Waals surface area contributed by atoms with Crippen LogP contribution in [0.15, 0.2) is 22.7 Å². The molecule has 6 nitrogen and oxygen atoms in total. The van der Waals surface area contributed by atoms with Gasteiger partial charge in [0.1, 0.15) is 0 Å². The van der Waals surface area contributed by atoms with Crippen molar-refractivity contribution in [2.75, 3.05) is 13.2 Å². The summed E-state index contributed by atoms with van der Waals surface area (Å²) in [5.74, 6) is 0. The molecule has 1 aromatic carbocycles. The maximum Gasteiger partial charge on any atom is 0.273 e. The number of halogens is 1. The first-order chi connectivity index (χ1) is 8.08. The van der Waals surface area contributed by atoms with Crippen molar-refractivity contribution >= 4 is 21.6 Å². The van der Waals surface area contributed by atoms with Gasteiger partial charge >= 0.3 is 0 Å². The molecule has 0 aliphatic heterocycles. The molecule has 0 aliphatic carbocycles. The molecule has 94 valence electrons. The first kappa shape index (κ1) is 14.0. The fourth-order valence-corrected chi connectivity index (χ4v) is 1.72. The fourth-order valence-electron chi connectivity index (χ4n) is 1.31. The van der Waals surface area contributed by atoms with Crippen LogP contribution < -0.4 is 5.32 Å². The van der Waals surface area contributed by atoms with Gasteiger partial charge in [0, 0.05) is 22.6 Å². The van der Waals surface area contributed by atoms with E-state index in [9.17, 15) is 10.1 Å². The summed E-state index contributed by atoms with van der Waals surface area (Å²) in [5.41, 5.74) is 0.506. The molecule has 0 saturated carbocycles. The Morgan fingerprint density at radius 1 is 1.41 bits per heavy atom. The van der Waals surface area contributed by atoms with E-state index in [2.05, 4.69) is 21.2 Å². The standard InChI is InChI=1S/C10H13BrN2O4/c11-8-1-2-10(13(16)17)7(3-8)4-12-9(5-14)6-15/h1-3,9,12,14-15H,4-6H2. The van der Waals surface area contributed by atoms with Gasteiger partial charge in [-0.3, -0.25) is 10.1 Å². The number of aliphatic hydroxyl groups excluding tert-OH is 2. The summed E-state index contributed by atoms with van der Waals surface area (Å²) in [7, 11) is 0. The van der Waals surface area contributed by atoms with Gasteiger partial charge in [-0.2, -0.15) is 0 Å². The molecule has 17 heavy (non-hydrogen) atoms. The topological polar surface area (TPSA) is 95.6 Å². The van der Waals surface area contributed by atoms with Crippen LogP contribution in [-0.4, -0.2) is 34.4 Å². The SMILES string of the molecule is O=[N+]([O-])c1ccc(Br)cc1CNC(CO)CO. The Kier molecular flexibility index (Phi) is 5.49. The highest BCUT2D eigenvalue weighted by atomic mass is 79.9. The third-order valence-electron chi connectivity index (χ3n) is 2.26. The van der Waals surface area contributed by atoms with Gasteiger partial charge in [0.05, 0.1) is 24.2 Å². The van der Waals surface area contributed by atoms with Gasteiger partial charge in [0.15, 0.2) is 0 Å². The zero-order valence-corrected chi connectivity index (χ0v) is 10.6. The average Bonchev–Trinajstić information content (AvgIpc) is 2.30. The second-order valence-corrected chi connectivity index (χ2v) is 4.39. The number of nitrogens with one attached hydrogen (secondary N) is 1. The monoisotopic (exact) mass is 304 g/mol. The van der Waals surface area contributed by atoms with Crippen LogP contribution in [-0.2, 0) is 6.54 Å². The number of aliphatic hydroxyl groups is 2. The minimum absolute atomic E-state index is 0.00956. The highest BCUT2D eigenvalue weighted by Gasteiger charge is 2.14. The fraction of sp³-hybridized carbons (Fsp3) is 0.400. The van der Waals surface area contributed by atoms with Crippen molar-refractivity contribution in [3.63, 3.8) is 0 Å². The summed E-state index contributed by atoms with van der Waals surface area (Å²) >= 11 is 3.24. The molecule has 0 saturated heterocycles. The third kappa shape index (κ3) is 4.04. The maximum atomic E-state index is 10.8. The quantitative estimate of drug-likeness (QED) is 0.534. The lowest BCUT2D eigenvalue weighted by molar-refractivity contribution is -0.385. The number of rotatable bonds is 6. The van der Waals surface area contributed by atoms with E-state index in [1.165, 1.54) is 6.07 Å². The van der Waals surface area contributed by atoms with Gasteiger partial charge < -0.3 is 15.5 Å². The second-order valence-electron chi connectivity index (χ2n) is 3.47. The number of hydrogen-bond donors (Lipinski definition) is 3. The zero-order valence-electron chi connectivity index (χ0n) is 8.97. The van der Waals surface area contributed by atoms with E-state index in [4.69, 9.17) is 10.2 Å². The summed E-state index contributed by atoms with van der Waals surface area (Å²) in [4.78, 5) is 10.3. The van der Waals surface area contributed by atoms with Crippen molar-refractivity contribution < 1.29 is 15.1 Å². The van der Waals surface area contributed by atoms with Gasteiger partial charge in [-0.25, -0.2) is 0 Å². The Balaban J connectivity index is 2.81. The molecule has 0 aromatic heterocycles. The maximum absolute atomic E-state index is 10.8. The van der Waals surface area contributed by atoms with Crippen LogP contribution in [0.2, 0.25) is 0 Å². The van der Waals surface area contributed by atoms with Crippen molar-refractivity contribution in [1.82, 2.24) is 5.32 Å². The minimum Gasteiger partial charge on any atom is -0.395 e. The van der Waals surface area contributed by atoms with E-state index >= 15 is 0 Å². The Labute approximate surface area is 107 Å². The van der Waals surface area contributed by atoms with Crippen LogP contribution in [0.1, 0.15) is 5.56 Å². The summed E-state index contributed by atoms with van der Waals surface area (Å²) in [6.07, 6.45) is 0. The molecule has 0 fully saturated rings. The van der Waals surface area contributed by atoms with Crippen LogP contribution in [0.4, 0.5) is 5.69 Å². The van der Waals surface area contributed by atoms with E-state index in [0.29, 0.717) is 5.56 Å². The predicted octanol–water partition coefficient (Wildman–Crippen LogP) is 0.800. The summed E-state index contributed by atoms with van der Waals surface area (Å²) < 4.78 is 0.740. The second kappa shape index (κ2) is 6.65. The average molecular weight is 305 g/mol. The van der Waals surface area contributed by atoms with Crippen LogP contribution in [0.3, 0.4) is 0 Å². The molecule has 0 spiro atoms. The number of nitrogens with zero attached hydrogens (tertiary/aromatic N) is 1. The Morgan fingerprint density at radius 3 is 2.59 bits per heavy atom. The number of hydrogen-bond acceptors (Lipinski definition) is 5. The predicted molar refractivity (Wildman–Crippen MR) is 65.6 cm³/mol. The summed E-state index contributed by atoms with van der Waals surface area (Å²) in [6, 6.07) is 4.16. The lowest BCUT2D eigenvalue weighted by atomic mass is 10.1. The van der Waals surface area contributed by atoms with Gasteiger partial charge in [-0.15, -0.1) is 0 Å². The summed E-state index contributed by atoms with van der Waals surface area (Å²) in [5, 5.41) is 31.4. The Hall–Kier alpha value is -1.02. The largest absolute Gasteiger partial charge is 0.395 e. The van der Waals surface area contributed by atoms with Crippen molar-refractivity contribution in [3.8, 4) is 0 Å². The molecule has 7 heteroatoms. The highest BCUT2D eigenvalue weighted by molar-refractivity contribution is 9.10. The van der Waals surface area contributed by atoms with Crippen LogP contribution >= 0.6 is 15.9 Å². The van der Waals surface area contributed by atoms with Gasteiger partial charge in [0.2, 0.25) is 0 Å². The number of nitro groups is 1. The highest BCUT2D eigenvalue weighted by Crippen LogP contribution is 2.22. The first-order valence-corrected chi connectivity index (χ1v) is 5.75. The van der Waals surface area contributed by atoms with E-state index in [1.807, 2.05) is 0 Å². The van der Waals surface area contributed by atoms with Crippen LogP contribution in [0.25, 0.3) is 0 Å².